The van der Waals surface area contributed by atoms with Crippen LogP contribution in [0.3, 0.4) is 0 Å². The predicted molar refractivity (Wildman–Crippen MR) is 185 cm³/mol. The van der Waals surface area contributed by atoms with Gasteiger partial charge in [0, 0.05) is 28.7 Å². The van der Waals surface area contributed by atoms with Crippen molar-refractivity contribution in [3.05, 3.63) is 101 Å². The summed E-state index contributed by atoms with van der Waals surface area (Å²) in [5.74, 6) is -5.01. The second kappa shape index (κ2) is 13.7. The third-order valence-electron chi connectivity index (χ3n) is 10.4. The third-order valence-corrected chi connectivity index (χ3v) is 10.6. The van der Waals surface area contributed by atoms with Crippen LogP contribution in [0.25, 0.3) is 21.9 Å². The summed E-state index contributed by atoms with van der Waals surface area (Å²) < 4.78 is 39.3. The molecule has 2 saturated heterocycles. The number of halogens is 3. The zero-order valence-electron chi connectivity index (χ0n) is 27.0. The fraction of sp³-hybridized carbons (Fsp3) is 0.385. The molecule has 7 nitrogen and oxygen atoms in total. The van der Waals surface area contributed by atoms with E-state index in [2.05, 4.69) is 5.32 Å². The number of piperidine rings is 1. The molecule has 2 heterocycles. The molecule has 0 aromatic heterocycles. The normalized spacial score (nSPS) is 22.2. The number of alkyl halides is 2. The minimum absolute atomic E-state index is 0.115. The lowest BCUT2D eigenvalue weighted by Crippen LogP contribution is -2.61. The van der Waals surface area contributed by atoms with E-state index < -0.39 is 35.4 Å². The number of rotatable bonds is 9. The van der Waals surface area contributed by atoms with Crippen LogP contribution in [-0.2, 0) is 15.5 Å². The fourth-order valence-corrected chi connectivity index (χ4v) is 7.91. The maximum atomic E-state index is 16.6. The molecule has 2 unspecified atom stereocenters. The molecule has 256 valence electrons. The van der Waals surface area contributed by atoms with Gasteiger partial charge in [-0.25, -0.2) is 0 Å². The van der Waals surface area contributed by atoms with Crippen molar-refractivity contribution in [3.63, 3.8) is 0 Å². The van der Waals surface area contributed by atoms with Gasteiger partial charge in [0.2, 0.25) is 0 Å². The highest BCUT2D eigenvalue weighted by Crippen LogP contribution is 2.40. The van der Waals surface area contributed by atoms with Crippen molar-refractivity contribution in [1.29, 1.82) is 0 Å². The Labute approximate surface area is 289 Å². The van der Waals surface area contributed by atoms with Gasteiger partial charge in [0.05, 0.1) is 6.10 Å². The first kappa shape index (κ1) is 33.4. The van der Waals surface area contributed by atoms with E-state index in [1.165, 1.54) is 17.0 Å². The van der Waals surface area contributed by atoms with Gasteiger partial charge >= 0.3 is 5.92 Å². The summed E-state index contributed by atoms with van der Waals surface area (Å²) in [5.41, 5.74) is 7.48. The molecule has 49 heavy (non-hydrogen) atoms. The summed E-state index contributed by atoms with van der Waals surface area (Å²) in [6.07, 6.45) is 5.14. The van der Waals surface area contributed by atoms with Crippen LogP contribution in [0.5, 0.6) is 5.75 Å². The Morgan fingerprint density at radius 3 is 2.10 bits per heavy atom. The van der Waals surface area contributed by atoms with Crippen molar-refractivity contribution in [2.45, 2.75) is 93.7 Å². The number of carbonyl (C=O) groups excluding carboxylic acids is 2. The van der Waals surface area contributed by atoms with Crippen LogP contribution in [0.4, 0.5) is 8.78 Å². The molecule has 3 fully saturated rings. The second-order valence-corrected chi connectivity index (χ2v) is 14.1. The summed E-state index contributed by atoms with van der Waals surface area (Å²) in [6, 6.07) is 20.3. The standard InChI is InChI=1S/C39H40ClF2N3O4/c40-29-14-9-24(10-15-29)23-7-12-28(13-8-23)39(41,42)36(38(48)45-31-16-17-32(45)22-30(43)21-31)44-37(47)35(46)27-6-5-26-20-34(18-11-25(26)19-27)49-33-3-1-2-4-33/h5-15,18-20,30-33,35-36,46H,1-4,16-17,21-22,43H2,(H,44,47)/t30?,31?,32?,35-,36-/m1/s1. The van der Waals surface area contributed by atoms with Crippen molar-refractivity contribution in [3.8, 4) is 16.9 Å². The maximum absolute atomic E-state index is 16.6. The number of nitrogens with zero attached hydrogens (tertiary/aromatic N) is 1. The smallest absolute Gasteiger partial charge is 0.302 e. The van der Waals surface area contributed by atoms with Gasteiger partial charge in [0.1, 0.15) is 5.75 Å². The van der Waals surface area contributed by atoms with Gasteiger partial charge in [-0.2, -0.15) is 8.78 Å². The number of fused-ring (bicyclic) bond motifs is 3. The average Bonchev–Trinajstić information content (AvgIpc) is 3.71. The number of hydrogen-bond donors (Lipinski definition) is 3. The molecule has 1 saturated carbocycles. The number of amides is 2. The van der Waals surface area contributed by atoms with Gasteiger partial charge in [-0.1, -0.05) is 66.2 Å². The van der Waals surface area contributed by atoms with E-state index in [4.69, 9.17) is 22.1 Å². The van der Waals surface area contributed by atoms with Crippen molar-refractivity contribution < 1.29 is 28.2 Å². The van der Waals surface area contributed by atoms with E-state index in [9.17, 15) is 14.7 Å². The predicted octanol–water partition coefficient (Wildman–Crippen LogP) is 7.27. The molecule has 2 bridgehead atoms. The van der Waals surface area contributed by atoms with Crippen LogP contribution in [0, 0.1) is 0 Å². The molecule has 2 aliphatic heterocycles. The monoisotopic (exact) mass is 687 g/mol. The van der Waals surface area contributed by atoms with Gasteiger partial charge in [-0.15, -0.1) is 0 Å². The van der Waals surface area contributed by atoms with Crippen molar-refractivity contribution >= 4 is 34.2 Å². The number of carbonyl (C=O) groups is 2. The Morgan fingerprint density at radius 1 is 0.857 bits per heavy atom. The molecule has 1 aliphatic carbocycles. The van der Waals surface area contributed by atoms with Crippen molar-refractivity contribution in [1.82, 2.24) is 10.2 Å². The highest BCUT2D eigenvalue weighted by molar-refractivity contribution is 6.30. The third kappa shape index (κ3) is 6.89. The van der Waals surface area contributed by atoms with Crippen LogP contribution in [-0.4, -0.2) is 52.1 Å². The first-order chi connectivity index (χ1) is 23.6. The molecular weight excluding hydrogens is 648 g/mol. The SMILES string of the molecule is NC1CC2CCC(C1)N2C(=O)[C@@H](NC(=O)[C@H](O)c1ccc2cc(OC3CCCC3)ccc2c1)C(F)(F)c1ccc(-c2ccc(Cl)cc2)cc1. The zero-order chi connectivity index (χ0) is 34.3. The maximum Gasteiger partial charge on any atom is 0.302 e. The lowest BCUT2D eigenvalue weighted by molar-refractivity contribution is -0.155. The minimum atomic E-state index is -3.80. The quantitative estimate of drug-likeness (QED) is 0.172. The van der Waals surface area contributed by atoms with E-state index >= 15 is 8.78 Å². The van der Waals surface area contributed by atoms with Crippen molar-refractivity contribution in [2.75, 3.05) is 0 Å². The van der Waals surface area contributed by atoms with Crippen LogP contribution >= 0.6 is 11.6 Å². The molecule has 2 amide bonds. The molecule has 0 spiro atoms. The van der Waals surface area contributed by atoms with Gasteiger partial charge in [-0.05, 0) is 109 Å². The highest BCUT2D eigenvalue weighted by Gasteiger charge is 2.53. The molecule has 0 radical (unpaired) electrons. The molecular formula is C39H40ClF2N3O4. The number of nitrogens with one attached hydrogen (secondary N) is 1. The first-order valence-electron chi connectivity index (χ1n) is 17.1. The van der Waals surface area contributed by atoms with Gasteiger partial charge < -0.3 is 25.8 Å². The van der Waals surface area contributed by atoms with Crippen LogP contribution in [0.1, 0.15) is 68.6 Å². The summed E-state index contributed by atoms with van der Waals surface area (Å²) in [4.78, 5) is 29.2. The van der Waals surface area contributed by atoms with E-state index in [0.717, 1.165) is 47.8 Å². The first-order valence-corrected chi connectivity index (χ1v) is 17.5. The topological polar surface area (TPSA) is 105 Å². The van der Waals surface area contributed by atoms with Crippen molar-refractivity contribution in [2.24, 2.45) is 5.73 Å². The summed E-state index contributed by atoms with van der Waals surface area (Å²) in [6.45, 7) is 0. The number of benzene rings is 4. The number of ether oxygens (including phenoxy) is 1. The van der Waals surface area contributed by atoms with Gasteiger partial charge in [0.25, 0.3) is 11.8 Å². The fourth-order valence-electron chi connectivity index (χ4n) is 7.79. The summed E-state index contributed by atoms with van der Waals surface area (Å²) >= 11 is 6.01. The van der Waals surface area contributed by atoms with Crippen LogP contribution < -0.4 is 15.8 Å². The van der Waals surface area contributed by atoms with E-state index in [-0.39, 0.29) is 29.8 Å². The van der Waals surface area contributed by atoms with E-state index in [1.54, 1.807) is 54.6 Å². The number of aliphatic hydroxyl groups excluding tert-OH is 1. The number of hydrogen-bond acceptors (Lipinski definition) is 5. The molecule has 10 heteroatoms. The van der Waals surface area contributed by atoms with Crippen LogP contribution in [0.2, 0.25) is 5.02 Å². The molecule has 4 N–H and O–H groups in total. The second-order valence-electron chi connectivity index (χ2n) is 13.7. The Hall–Kier alpha value is -4.05. The lowest BCUT2D eigenvalue weighted by atomic mass is 9.93. The molecule has 3 aliphatic rings. The zero-order valence-corrected chi connectivity index (χ0v) is 27.8. The van der Waals surface area contributed by atoms with Gasteiger partial charge in [-0.3, -0.25) is 9.59 Å². The van der Waals surface area contributed by atoms with Gasteiger partial charge in [0.15, 0.2) is 12.1 Å². The van der Waals surface area contributed by atoms with Crippen LogP contribution in [0.15, 0.2) is 84.9 Å². The summed E-state index contributed by atoms with van der Waals surface area (Å²) in [5, 5.41) is 15.6. The minimum Gasteiger partial charge on any atom is -0.490 e. The Balaban J connectivity index is 1.14. The molecule has 4 aromatic carbocycles. The Kier molecular flexibility index (Phi) is 9.35. The Morgan fingerprint density at radius 2 is 1.45 bits per heavy atom. The molecule has 4 atom stereocenters. The Bertz CT molecular complexity index is 1820. The van der Waals surface area contributed by atoms with E-state index in [1.807, 2.05) is 18.2 Å². The largest absolute Gasteiger partial charge is 0.490 e. The average molecular weight is 688 g/mol. The lowest BCUT2D eigenvalue weighted by Gasteiger charge is -2.41. The molecule has 4 aromatic rings. The van der Waals surface area contributed by atoms with E-state index in [0.29, 0.717) is 36.3 Å². The number of nitrogens with two attached hydrogens (primary N) is 1. The highest BCUT2D eigenvalue weighted by atomic mass is 35.5. The number of aliphatic hydroxyl groups is 1. The summed E-state index contributed by atoms with van der Waals surface area (Å²) in [7, 11) is 0. The molecule has 7 rings (SSSR count).